The van der Waals surface area contributed by atoms with E-state index in [1.54, 1.807) is 42.5 Å². The molecular weight excluding hydrogens is 433 g/mol. The maximum Gasteiger partial charge on any atom is 0.259 e. The number of halogens is 3. The van der Waals surface area contributed by atoms with E-state index in [0.29, 0.717) is 37.5 Å². The van der Waals surface area contributed by atoms with Gasteiger partial charge in [-0.1, -0.05) is 34.8 Å². The van der Waals surface area contributed by atoms with Crippen molar-refractivity contribution < 1.29 is 4.42 Å². The number of benzene rings is 2. The molecule has 0 saturated heterocycles. The molecule has 0 aliphatic heterocycles. The lowest BCUT2D eigenvalue weighted by molar-refractivity contribution is 0.572. The van der Waals surface area contributed by atoms with Crippen molar-refractivity contribution in [3.63, 3.8) is 0 Å². The molecule has 29 heavy (non-hydrogen) atoms. The molecule has 4 aromatic rings. The lowest BCUT2D eigenvalue weighted by Gasteiger charge is -2.02. The number of hydrogen-bond donors (Lipinski definition) is 1. The van der Waals surface area contributed by atoms with Crippen LogP contribution in [0.3, 0.4) is 0 Å². The Balaban J connectivity index is 1.74. The molecule has 0 amide bonds. The summed E-state index contributed by atoms with van der Waals surface area (Å²) >= 11 is 17.9. The third kappa shape index (κ3) is 3.92. The lowest BCUT2D eigenvalue weighted by Crippen LogP contribution is -2.11. The Bertz CT molecular complexity index is 1380. The molecule has 2 heterocycles. The highest BCUT2D eigenvalue weighted by Crippen LogP contribution is 2.30. The fourth-order valence-electron chi connectivity index (χ4n) is 2.77. The summed E-state index contributed by atoms with van der Waals surface area (Å²) in [6.45, 7) is 0. The minimum atomic E-state index is -0.385. The zero-order valence-electron chi connectivity index (χ0n) is 14.5. The van der Waals surface area contributed by atoms with Crippen molar-refractivity contribution in [2.45, 2.75) is 0 Å². The van der Waals surface area contributed by atoms with Crippen LogP contribution in [0.1, 0.15) is 11.6 Å². The Labute approximate surface area is 179 Å². The van der Waals surface area contributed by atoms with Gasteiger partial charge in [0, 0.05) is 16.7 Å². The first-order valence-corrected chi connectivity index (χ1v) is 9.45. The molecule has 0 unspecified atom stereocenters. The van der Waals surface area contributed by atoms with Gasteiger partial charge in [-0.3, -0.25) is 4.79 Å². The molecule has 2 aromatic carbocycles. The van der Waals surface area contributed by atoms with E-state index in [-0.39, 0.29) is 17.0 Å². The Hall–Kier alpha value is -3.04. The third-order valence-corrected chi connectivity index (χ3v) is 5.13. The standard InChI is InChI=1S/C21H10Cl3N3O2/c22-13-2-5-18-15(9-13)21(28)27-20(26-18)12(10-25)7-14-3-6-19(29-14)11-1-4-16(23)17(24)8-11/h1-9H,(H,26,27,28). The van der Waals surface area contributed by atoms with Crippen LogP contribution in [0, 0.1) is 11.3 Å². The number of hydrogen-bond acceptors (Lipinski definition) is 4. The summed E-state index contributed by atoms with van der Waals surface area (Å²) in [5.41, 5.74) is 0.940. The number of H-pyrrole nitrogens is 1. The fraction of sp³-hybridized carbons (Fsp3) is 0. The van der Waals surface area contributed by atoms with Crippen molar-refractivity contribution in [3.05, 3.63) is 85.5 Å². The van der Waals surface area contributed by atoms with Crippen LogP contribution >= 0.6 is 34.8 Å². The van der Waals surface area contributed by atoms with Gasteiger partial charge < -0.3 is 9.40 Å². The number of nitrogens with one attached hydrogen (secondary N) is 1. The van der Waals surface area contributed by atoms with Gasteiger partial charge in [0.25, 0.3) is 5.56 Å². The Morgan fingerprint density at radius 2 is 1.90 bits per heavy atom. The average Bonchev–Trinajstić information content (AvgIpc) is 3.17. The minimum absolute atomic E-state index is 0.139. The number of allylic oxidation sites excluding steroid dienone is 1. The molecular formula is C21H10Cl3N3O2. The van der Waals surface area contributed by atoms with Crippen LogP contribution in [0.5, 0.6) is 0 Å². The maximum absolute atomic E-state index is 12.3. The molecule has 0 saturated carbocycles. The average molecular weight is 443 g/mol. The molecule has 0 aliphatic rings. The summed E-state index contributed by atoms with van der Waals surface area (Å²) in [4.78, 5) is 19.3. The molecule has 0 radical (unpaired) electrons. The normalized spacial score (nSPS) is 11.6. The molecule has 1 N–H and O–H groups in total. The first kappa shape index (κ1) is 19.3. The number of aromatic nitrogens is 2. The van der Waals surface area contributed by atoms with Crippen molar-refractivity contribution in [2.24, 2.45) is 0 Å². The molecule has 5 nitrogen and oxygen atoms in total. The highest BCUT2D eigenvalue weighted by Gasteiger charge is 2.11. The van der Waals surface area contributed by atoms with Crippen molar-refractivity contribution in [1.82, 2.24) is 9.97 Å². The molecule has 0 bridgehead atoms. The summed E-state index contributed by atoms with van der Waals surface area (Å²) in [6, 6.07) is 15.4. The summed E-state index contributed by atoms with van der Waals surface area (Å²) in [5, 5.41) is 11.2. The quantitative estimate of drug-likeness (QED) is 0.382. The zero-order valence-corrected chi connectivity index (χ0v) is 16.8. The topological polar surface area (TPSA) is 82.7 Å². The molecule has 0 aliphatic carbocycles. The second-order valence-corrected chi connectivity index (χ2v) is 7.33. The van der Waals surface area contributed by atoms with Crippen LogP contribution in [0.25, 0.3) is 33.9 Å². The summed E-state index contributed by atoms with van der Waals surface area (Å²) in [7, 11) is 0. The van der Waals surface area contributed by atoms with Crippen LogP contribution in [0.15, 0.2) is 57.7 Å². The SMILES string of the molecule is N#CC(=Cc1ccc(-c2ccc(Cl)c(Cl)c2)o1)c1nc2ccc(Cl)cc2c(=O)[nH]1. The van der Waals surface area contributed by atoms with Crippen LogP contribution < -0.4 is 5.56 Å². The lowest BCUT2D eigenvalue weighted by atomic mass is 10.2. The van der Waals surface area contributed by atoms with Gasteiger partial charge in [-0.25, -0.2) is 4.98 Å². The van der Waals surface area contributed by atoms with E-state index < -0.39 is 0 Å². The molecule has 2 aromatic heterocycles. The molecule has 0 spiro atoms. The van der Waals surface area contributed by atoms with E-state index >= 15 is 0 Å². The highest BCUT2D eigenvalue weighted by molar-refractivity contribution is 6.42. The maximum atomic E-state index is 12.3. The summed E-state index contributed by atoms with van der Waals surface area (Å²) in [6.07, 6.45) is 1.50. The zero-order chi connectivity index (χ0) is 20.5. The van der Waals surface area contributed by atoms with Crippen LogP contribution in [0.2, 0.25) is 15.1 Å². The van der Waals surface area contributed by atoms with Crippen molar-refractivity contribution >= 4 is 57.4 Å². The summed E-state index contributed by atoms with van der Waals surface area (Å²) in [5.74, 6) is 1.11. The van der Waals surface area contributed by atoms with Gasteiger partial charge in [0.2, 0.25) is 0 Å². The van der Waals surface area contributed by atoms with Crippen LogP contribution in [-0.4, -0.2) is 9.97 Å². The van der Waals surface area contributed by atoms with Gasteiger partial charge in [-0.05, 0) is 48.5 Å². The summed E-state index contributed by atoms with van der Waals surface area (Å²) < 4.78 is 5.79. The molecule has 4 rings (SSSR count). The number of aromatic amines is 1. The third-order valence-electron chi connectivity index (χ3n) is 4.16. The van der Waals surface area contributed by atoms with Crippen molar-refractivity contribution in [3.8, 4) is 17.4 Å². The number of rotatable bonds is 3. The number of furan rings is 1. The molecule has 0 fully saturated rings. The van der Waals surface area contributed by atoms with E-state index in [1.165, 1.54) is 12.1 Å². The Kier molecular flexibility index (Phi) is 5.16. The number of nitrogens with zero attached hydrogens (tertiary/aromatic N) is 2. The van der Waals surface area contributed by atoms with Crippen molar-refractivity contribution in [2.75, 3.05) is 0 Å². The highest BCUT2D eigenvalue weighted by atomic mass is 35.5. The molecule has 8 heteroatoms. The fourth-order valence-corrected chi connectivity index (χ4v) is 3.24. The molecule has 0 atom stereocenters. The van der Waals surface area contributed by atoms with Gasteiger partial charge in [0.1, 0.15) is 17.6 Å². The smallest absolute Gasteiger partial charge is 0.259 e. The van der Waals surface area contributed by atoms with Gasteiger partial charge in [-0.2, -0.15) is 5.26 Å². The van der Waals surface area contributed by atoms with Crippen LogP contribution in [0.4, 0.5) is 0 Å². The van der Waals surface area contributed by atoms with Gasteiger partial charge in [-0.15, -0.1) is 0 Å². The monoisotopic (exact) mass is 441 g/mol. The van der Waals surface area contributed by atoms with E-state index in [9.17, 15) is 10.1 Å². The van der Waals surface area contributed by atoms with E-state index in [1.807, 2.05) is 6.07 Å². The van der Waals surface area contributed by atoms with Gasteiger partial charge in [0.15, 0.2) is 5.82 Å². The second kappa shape index (κ2) is 7.76. The molecule has 142 valence electrons. The minimum Gasteiger partial charge on any atom is -0.457 e. The largest absolute Gasteiger partial charge is 0.457 e. The van der Waals surface area contributed by atoms with E-state index in [4.69, 9.17) is 39.2 Å². The second-order valence-electron chi connectivity index (χ2n) is 6.08. The predicted octanol–water partition coefficient (Wildman–Crippen LogP) is 6.21. The first-order valence-electron chi connectivity index (χ1n) is 8.31. The predicted molar refractivity (Wildman–Crippen MR) is 115 cm³/mol. The van der Waals surface area contributed by atoms with Gasteiger partial charge >= 0.3 is 0 Å². The number of nitriles is 1. The van der Waals surface area contributed by atoms with Crippen molar-refractivity contribution in [1.29, 1.82) is 5.26 Å². The van der Waals surface area contributed by atoms with E-state index in [0.717, 1.165) is 5.56 Å². The van der Waals surface area contributed by atoms with Gasteiger partial charge in [0.05, 0.1) is 26.5 Å². The number of fused-ring (bicyclic) bond motifs is 1. The first-order chi connectivity index (χ1) is 13.9. The van der Waals surface area contributed by atoms with Crippen LogP contribution in [-0.2, 0) is 0 Å². The Morgan fingerprint density at radius 1 is 1.07 bits per heavy atom. The van der Waals surface area contributed by atoms with E-state index in [2.05, 4.69) is 9.97 Å². The Morgan fingerprint density at radius 3 is 2.66 bits per heavy atom.